The van der Waals surface area contributed by atoms with Crippen LogP contribution in [-0.4, -0.2) is 16.5 Å². The van der Waals surface area contributed by atoms with Gasteiger partial charge in [-0.15, -0.1) is 0 Å². The van der Waals surface area contributed by atoms with Crippen LogP contribution in [-0.2, 0) is 6.42 Å². The van der Waals surface area contributed by atoms with Gasteiger partial charge < -0.3 is 10.6 Å². The molecule has 0 radical (unpaired) electrons. The third kappa shape index (κ3) is 4.90. The second-order valence-corrected chi connectivity index (χ2v) is 6.04. The normalized spacial score (nSPS) is 10.5. The van der Waals surface area contributed by atoms with Gasteiger partial charge in [0.15, 0.2) is 0 Å². The zero-order chi connectivity index (χ0) is 17.6. The number of aromatic nitrogens is 2. The molecular weight excluding hydrogens is 339 g/mol. The maximum absolute atomic E-state index is 13.2. The van der Waals surface area contributed by atoms with Gasteiger partial charge >= 0.3 is 0 Å². The van der Waals surface area contributed by atoms with E-state index in [9.17, 15) is 4.39 Å². The molecule has 0 amide bonds. The van der Waals surface area contributed by atoms with Crippen LogP contribution >= 0.6 is 11.6 Å². The third-order valence-corrected chi connectivity index (χ3v) is 3.88. The quantitative estimate of drug-likeness (QED) is 0.654. The summed E-state index contributed by atoms with van der Waals surface area (Å²) >= 11 is 5.81. The fourth-order valence-corrected chi connectivity index (χ4v) is 2.58. The Hall–Kier alpha value is -2.66. The molecule has 128 valence electrons. The van der Waals surface area contributed by atoms with Crippen LogP contribution < -0.4 is 10.6 Å². The zero-order valence-corrected chi connectivity index (χ0v) is 14.5. The van der Waals surface area contributed by atoms with E-state index >= 15 is 0 Å². The molecule has 25 heavy (non-hydrogen) atoms. The Labute approximate surface area is 151 Å². The van der Waals surface area contributed by atoms with Gasteiger partial charge in [0, 0.05) is 24.0 Å². The molecule has 0 aliphatic heterocycles. The molecule has 0 aliphatic carbocycles. The van der Waals surface area contributed by atoms with E-state index in [2.05, 4.69) is 32.7 Å². The van der Waals surface area contributed by atoms with Crippen molar-refractivity contribution < 1.29 is 4.39 Å². The minimum Gasteiger partial charge on any atom is -0.354 e. The number of nitrogens with zero attached hydrogens (tertiary/aromatic N) is 2. The molecule has 0 unspecified atom stereocenters. The lowest BCUT2D eigenvalue weighted by atomic mass is 10.1. The van der Waals surface area contributed by atoms with E-state index in [0.29, 0.717) is 17.5 Å². The number of halogens is 2. The van der Waals surface area contributed by atoms with Gasteiger partial charge in [-0.1, -0.05) is 41.9 Å². The van der Waals surface area contributed by atoms with Crippen molar-refractivity contribution in [1.29, 1.82) is 0 Å². The molecule has 0 fully saturated rings. The summed E-state index contributed by atoms with van der Waals surface area (Å²) in [5.41, 5.74) is 2.75. The van der Waals surface area contributed by atoms with E-state index < -0.39 is 5.82 Å². The van der Waals surface area contributed by atoms with Crippen LogP contribution in [0.5, 0.6) is 0 Å². The maximum atomic E-state index is 13.2. The standard InChI is InChI=1S/C19H18ClFN4/c1-13-11-18(24-15-7-8-17(21)16(20)12-15)25-19(23-13)22-10-9-14-5-3-2-4-6-14/h2-8,11-12H,9-10H2,1H3,(H2,22,23,24,25). The summed E-state index contributed by atoms with van der Waals surface area (Å²) in [5.74, 6) is 0.721. The van der Waals surface area contributed by atoms with Crippen LogP contribution in [0.1, 0.15) is 11.3 Å². The van der Waals surface area contributed by atoms with Gasteiger partial charge in [-0.05, 0) is 37.1 Å². The molecule has 1 heterocycles. The number of hydrogen-bond donors (Lipinski definition) is 2. The smallest absolute Gasteiger partial charge is 0.224 e. The molecule has 0 aliphatic rings. The third-order valence-electron chi connectivity index (χ3n) is 3.59. The molecule has 3 aromatic rings. The highest BCUT2D eigenvalue weighted by Gasteiger charge is 2.05. The van der Waals surface area contributed by atoms with Gasteiger partial charge in [-0.25, -0.2) is 9.37 Å². The average Bonchev–Trinajstić information content (AvgIpc) is 2.59. The van der Waals surface area contributed by atoms with Crippen LogP contribution in [0.3, 0.4) is 0 Å². The number of benzene rings is 2. The summed E-state index contributed by atoms with van der Waals surface area (Å²) in [5, 5.41) is 6.42. The van der Waals surface area contributed by atoms with E-state index in [1.54, 1.807) is 6.07 Å². The van der Waals surface area contributed by atoms with Gasteiger partial charge in [0.2, 0.25) is 5.95 Å². The van der Waals surface area contributed by atoms with E-state index in [1.807, 2.05) is 31.2 Å². The lowest BCUT2D eigenvalue weighted by Crippen LogP contribution is -2.09. The van der Waals surface area contributed by atoms with Crippen molar-refractivity contribution in [3.63, 3.8) is 0 Å². The Balaban J connectivity index is 1.66. The lowest BCUT2D eigenvalue weighted by molar-refractivity contribution is 0.628. The summed E-state index contributed by atoms with van der Waals surface area (Å²) < 4.78 is 13.2. The molecule has 0 bridgehead atoms. The highest BCUT2D eigenvalue weighted by atomic mass is 35.5. The first kappa shape index (κ1) is 17.2. The second-order valence-electron chi connectivity index (χ2n) is 5.63. The van der Waals surface area contributed by atoms with Crippen molar-refractivity contribution in [2.45, 2.75) is 13.3 Å². The van der Waals surface area contributed by atoms with Crippen LogP contribution in [0.4, 0.5) is 21.8 Å². The molecule has 0 saturated heterocycles. The Morgan fingerprint density at radius 2 is 1.84 bits per heavy atom. The summed E-state index contributed by atoms with van der Waals surface area (Å²) in [7, 11) is 0. The van der Waals surface area contributed by atoms with Crippen LogP contribution in [0.25, 0.3) is 0 Å². The average molecular weight is 357 g/mol. The topological polar surface area (TPSA) is 49.8 Å². The van der Waals surface area contributed by atoms with E-state index in [-0.39, 0.29) is 5.02 Å². The number of nitrogens with one attached hydrogen (secondary N) is 2. The Bertz CT molecular complexity index is 855. The van der Waals surface area contributed by atoms with Crippen molar-refractivity contribution in [2.24, 2.45) is 0 Å². The molecule has 1 aromatic heterocycles. The van der Waals surface area contributed by atoms with Gasteiger partial charge in [-0.2, -0.15) is 4.98 Å². The first-order chi connectivity index (χ1) is 12.1. The molecule has 3 rings (SSSR count). The van der Waals surface area contributed by atoms with Crippen molar-refractivity contribution in [1.82, 2.24) is 9.97 Å². The predicted molar refractivity (Wildman–Crippen MR) is 100 cm³/mol. The molecule has 0 atom stereocenters. The molecule has 0 saturated carbocycles. The maximum Gasteiger partial charge on any atom is 0.224 e. The number of aryl methyl sites for hydroxylation is 1. The van der Waals surface area contributed by atoms with Crippen molar-refractivity contribution >= 4 is 29.1 Å². The molecule has 2 N–H and O–H groups in total. The first-order valence-corrected chi connectivity index (χ1v) is 8.33. The van der Waals surface area contributed by atoms with E-state index in [4.69, 9.17) is 11.6 Å². The van der Waals surface area contributed by atoms with Crippen LogP contribution in [0, 0.1) is 12.7 Å². The van der Waals surface area contributed by atoms with Gasteiger partial charge in [0.05, 0.1) is 5.02 Å². The molecule has 6 heteroatoms. The summed E-state index contributed by atoms with van der Waals surface area (Å²) in [6, 6.07) is 16.5. The monoisotopic (exact) mass is 356 g/mol. The Morgan fingerprint density at radius 1 is 1.04 bits per heavy atom. The number of hydrogen-bond acceptors (Lipinski definition) is 4. The Morgan fingerprint density at radius 3 is 2.60 bits per heavy atom. The molecular formula is C19H18ClFN4. The van der Waals surface area contributed by atoms with Gasteiger partial charge in [0.25, 0.3) is 0 Å². The van der Waals surface area contributed by atoms with Crippen molar-refractivity contribution in [2.75, 3.05) is 17.2 Å². The first-order valence-electron chi connectivity index (χ1n) is 7.96. The summed E-state index contributed by atoms with van der Waals surface area (Å²) in [6.45, 7) is 2.63. The van der Waals surface area contributed by atoms with Crippen LogP contribution in [0.2, 0.25) is 5.02 Å². The fourth-order valence-electron chi connectivity index (χ4n) is 2.40. The van der Waals surface area contributed by atoms with E-state index in [0.717, 1.165) is 18.7 Å². The predicted octanol–water partition coefficient (Wildman–Crippen LogP) is 4.98. The number of rotatable bonds is 6. The minimum atomic E-state index is -0.450. The highest BCUT2D eigenvalue weighted by Crippen LogP contribution is 2.22. The largest absolute Gasteiger partial charge is 0.354 e. The summed E-state index contributed by atoms with van der Waals surface area (Å²) in [6.07, 6.45) is 0.883. The van der Waals surface area contributed by atoms with Crippen molar-refractivity contribution in [3.8, 4) is 0 Å². The van der Waals surface area contributed by atoms with Gasteiger partial charge in [-0.3, -0.25) is 0 Å². The summed E-state index contributed by atoms with van der Waals surface area (Å²) in [4.78, 5) is 8.83. The Kier molecular flexibility index (Phi) is 5.46. The minimum absolute atomic E-state index is 0.0667. The zero-order valence-electron chi connectivity index (χ0n) is 13.8. The van der Waals surface area contributed by atoms with Crippen molar-refractivity contribution in [3.05, 3.63) is 76.7 Å². The molecule has 0 spiro atoms. The van der Waals surface area contributed by atoms with Gasteiger partial charge in [0.1, 0.15) is 11.6 Å². The molecule has 2 aromatic carbocycles. The van der Waals surface area contributed by atoms with Crippen LogP contribution in [0.15, 0.2) is 54.6 Å². The van der Waals surface area contributed by atoms with E-state index in [1.165, 1.54) is 17.7 Å². The molecule has 4 nitrogen and oxygen atoms in total. The second kappa shape index (κ2) is 7.94. The SMILES string of the molecule is Cc1cc(Nc2ccc(F)c(Cl)c2)nc(NCCc2ccccc2)n1. The number of anilines is 3. The fraction of sp³-hybridized carbons (Fsp3) is 0.158. The highest BCUT2D eigenvalue weighted by molar-refractivity contribution is 6.31. The lowest BCUT2D eigenvalue weighted by Gasteiger charge is -2.10.